The fraction of sp³-hybridized carbons (Fsp3) is 0.769. The van der Waals surface area contributed by atoms with Gasteiger partial charge < -0.3 is 19.9 Å². The first-order valence-electron chi connectivity index (χ1n) is 7.18. The van der Waals surface area contributed by atoms with Crippen molar-refractivity contribution in [3.63, 3.8) is 0 Å². The van der Waals surface area contributed by atoms with Crippen LogP contribution in [0.1, 0.15) is 26.6 Å². The summed E-state index contributed by atoms with van der Waals surface area (Å²) in [5.41, 5.74) is -0.458. The smallest absolute Gasteiger partial charge is 0.410 e. The SMILES string of the molecule is CNCc1nc(N2CCN(C(=O)OC(C)(C)C)CC2)n[nH]1. The molecule has 8 heteroatoms. The molecule has 0 atom stereocenters. The zero-order valence-corrected chi connectivity index (χ0v) is 13.1. The zero-order chi connectivity index (χ0) is 15.5. The lowest BCUT2D eigenvalue weighted by atomic mass is 10.2. The highest BCUT2D eigenvalue weighted by molar-refractivity contribution is 5.68. The topological polar surface area (TPSA) is 86.4 Å². The highest BCUT2D eigenvalue weighted by atomic mass is 16.6. The molecule has 0 bridgehead atoms. The molecule has 0 radical (unpaired) electrons. The highest BCUT2D eigenvalue weighted by Gasteiger charge is 2.27. The monoisotopic (exact) mass is 296 g/mol. The summed E-state index contributed by atoms with van der Waals surface area (Å²) in [5.74, 6) is 1.49. The van der Waals surface area contributed by atoms with Crippen LogP contribution in [0.4, 0.5) is 10.7 Å². The third kappa shape index (κ3) is 4.32. The van der Waals surface area contributed by atoms with E-state index in [4.69, 9.17) is 4.74 Å². The first-order valence-corrected chi connectivity index (χ1v) is 7.18. The number of hydrogen-bond acceptors (Lipinski definition) is 6. The Kier molecular flexibility index (Phi) is 4.66. The Labute approximate surface area is 124 Å². The van der Waals surface area contributed by atoms with Crippen LogP contribution in [-0.4, -0.2) is 65.0 Å². The van der Waals surface area contributed by atoms with E-state index in [0.717, 1.165) is 5.82 Å². The lowest BCUT2D eigenvalue weighted by Crippen LogP contribution is -2.50. The Balaban J connectivity index is 1.86. The van der Waals surface area contributed by atoms with Crippen LogP contribution in [-0.2, 0) is 11.3 Å². The van der Waals surface area contributed by atoms with Gasteiger partial charge in [0.25, 0.3) is 0 Å². The number of amides is 1. The van der Waals surface area contributed by atoms with Gasteiger partial charge >= 0.3 is 6.09 Å². The number of piperazine rings is 1. The largest absolute Gasteiger partial charge is 0.444 e. The first-order chi connectivity index (χ1) is 9.89. The van der Waals surface area contributed by atoms with Crippen LogP contribution in [0.15, 0.2) is 0 Å². The van der Waals surface area contributed by atoms with Crippen molar-refractivity contribution in [2.24, 2.45) is 0 Å². The second-order valence-corrected chi connectivity index (χ2v) is 6.07. The van der Waals surface area contributed by atoms with Gasteiger partial charge in [-0.25, -0.2) is 4.79 Å². The van der Waals surface area contributed by atoms with Crippen molar-refractivity contribution < 1.29 is 9.53 Å². The number of carbonyl (C=O) groups is 1. The molecule has 1 aromatic rings. The Hall–Kier alpha value is -1.83. The Morgan fingerprint density at radius 2 is 2.00 bits per heavy atom. The molecular weight excluding hydrogens is 272 g/mol. The minimum absolute atomic E-state index is 0.256. The normalized spacial score (nSPS) is 16.2. The van der Waals surface area contributed by atoms with Crippen LogP contribution in [0, 0.1) is 0 Å². The molecule has 2 N–H and O–H groups in total. The Morgan fingerprint density at radius 1 is 1.33 bits per heavy atom. The molecule has 0 aliphatic carbocycles. The van der Waals surface area contributed by atoms with Gasteiger partial charge in [0.15, 0.2) is 0 Å². The lowest BCUT2D eigenvalue weighted by Gasteiger charge is -2.35. The highest BCUT2D eigenvalue weighted by Crippen LogP contribution is 2.14. The average Bonchev–Trinajstić information content (AvgIpc) is 2.86. The van der Waals surface area contributed by atoms with E-state index in [0.29, 0.717) is 38.7 Å². The van der Waals surface area contributed by atoms with Crippen LogP contribution < -0.4 is 10.2 Å². The summed E-state index contributed by atoms with van der Waals surface area (Å²) in [6, 6.07) is 0. The third-order valence-corrected chi connectivity index (χ3v) is 3.08. The standard InChI is InChI=1S/C13H24N6O2/c1-13(2,3)21-12(20)19-7-5-18(6-8-19)11-15-10(9-14-4)16-17-11/h14H,5-9H2,1-4H3,(H,15,16,17). The van der Waals surface area contributed by atoms with Crippen LogP contribution in [0.2, 0.25) is 0 Å². The molecule has 0 spiro atoms. The van der Waals surface area contributed by atoms with Crippen molar-refractivity contribution in [1.82, 2.24) is 25.4 Å². The molecule has 1 aromatic heterocycles. The summed E-state index contributed by atoms with van der Waals surface area (Å²) >= 11 is 0. The number of ether oxygens (including phenoxy) is 1. The molecule has 0 aromatic carbocycles. The predicted molar refractivity (Wildman–Crippen MR) is 79.2 cm³/mol. The van der Waals surface area contributed by atoms with Crippen molar-refractivity contribution in [2.75, 3.05) is 38.1 Å². The van der Waals surface area contributed by atoms with E-state index in [9.17, 15) is 4.79 Å². The van der Waals surface area contributed by atoms with E-state index >= 15 is 0 Å². The fourth-order valence-electron chi connectivity index (χ4n) is 2.09. The lowest BCUT2D eigenvalue weighted by molar-refractivity contribution is 0.0240. The molecule has 1 saturated heterocycles. The van der Waals surface area contributed by atoms with Crippen molar-refractivity contribution in [3.8, 4) is 0 Å². The van der Waals surface area contributed by atoms with Gasteiger partial charge in [-0.2, -0.15) is 4.98 Å². The van der Waals surface area contributed by atoms with Crippen LogP contribution in [0.25, 0.3) is 0 Å². The molecule has 0 unspecified atom stereocenters. The summed E-state index contributed by atoms with van der Waals surface area (Å²) < 4.78 is 5.38. The number of nitrogens with one attached hydrogen (secondary N) is 2. The summed E-state index contributed by atoms with van der Waals surface area (Å²) in [6.07, 6.45) is -0.256. The van der Waals surface area contributed by atoms with Gasteiger partial charge in [-0.1, -0.05) is 0 Å². The van der Waals surface area contributed by atoms with Crippen LogP contribution >= 0.6 is 0 Å². The quantitative estimate of drug-likeness (QED) is 0.848. The van der Waals surface area contributed by atoms with E-state index in [1.807, 2.05) is 27.8 Å². The summed E-state index contributed by atoms with van der Waals surface area (Å²) in [5, 5.41) is 10.1. The average molecular weight is 296 g/mol. The molecule has 1 fully saturated rings. The van der Waals surface area contributed by atoms with Gasteiger partial charge in [0.2, 0.25) is 5.95 Å². The molecular formula is C13H24N6O2. The number of H-pyrrole nitrogens is 1. The molecule has 8 nitrogen and oxygen atoms in total. The molecule has 1 aliphatic rings. The maximum atomic E-state index is 12.0. The van der Waals surface area contributed by atoms with E-state index < -0.39 is 5.60 Å². The van der Waals surface area contributed by atoms with Gasteiger partial charge in [-0.15, -0.1) is 5.10 Å². The molecule has 118 valence electrons. The van der Waals surface area contributed by atoms with Crippen molar-refractivity contribution in [2.45, 2.75) is 32.9 Å². The van der Waals surface area contributed by atoms with Crippen LogP contribution in [0.5, 0.6) is 0 Å². The van der Waals surface area contributed by atoms with Crippen molar-refractivity contribution >= 4 is 12.0 Å². The van der Waals surface area contributed by atoms with Gasteiger partial charge in [-0.05, 0) is 27.8 Å². The number of nitrogens with zero attached hydrogens (tertiary/aromatic N) is 4. The summed E-state index contributed by atoms with van der Waals surface area (Å²) in [7, 11) is 1.86. The van der Waals surface area contributed by atoms with Crippen LogP contribution in [0.3, 0.4) is 0 Å². The second-order valence-electron chi connectivity index (χ2n) is 6.07. The number of carbonyl (C=O) groups excluding carboxylic acids is 1. The maximum absolute atomic E-state index is 12.0. The van der Waals surface area contributed by atoms with E-state index in [1.165, 1.54) is 0 Å². The number of aromatic amines is 1. The summed E-state index contributed by atoms with van der Waals surface area (Å²) in [6.45, 7) is 8.92. The third-order valence-electron chi connectivity index (χ3n) is 3.08. The Bertz CT molecular complexity index is 473. The summed E-state index contributed by atoms with van der Waals surface area (Å²) in [4.78, 5) is 20.2. The molecule has 1 amide bonds. The number of rotatable bonds is 3. The Morgan fingerprint density at radius 3 is 2.57 bits per heavy atom. The zero-order valence-electron chi connectivity index (χ0n) is 13.1. The van der Waals surface area contributed by atoms with Crippen molar-refractivity contribution in [1.29, 1.82) is 0 Å². The molecule has 2 heterocycles. The molecule has 0 saturated carbocycles. The number of anilines is 1. The minimum atomic E-state index is -0.458. The molecule has 1 aliphatic heterocycles. The van der Waals surface area contributed by atoms with Gasteiger partial charge in [0, 0.05) is 26.2 Å². The second kappa shape index (κ2) is 6.30. The van der Waals surface area contributed by atoms with Gasteiger partial charge in [0.1, 0.15) is 11.4 Å². The van der Waals surface area contributed by atoms with Gasteiger partial charge in [0.05, 0.1) is 6.54 Å². The van der Waals surface area contributed by atoms with E-state index in [1.54, 1.807) is 4.90 Å². The minimum Gasteiger partial charge on any atom is -0.444 e. The fourth-order valence-corrected chi connectivity index (χ4v) is 2.09. The number of hydrogen-bond donors (Lipinski definition) is 2. The van der Waals surface area contributed by atoms with Gasteiger partial charge in [-0.3, -0.25) is 5.10 Å². The van der Waals surface area contributed by atoms with E-state index in [2.05, 4.69) is 25.4 Å². The van der Waals surface area contributed by atoms with E-state index in [-0.39, 0.29) is 6.09 Å². The number of aromatic nitrogens is 3. The predicted octanol–water partition coefficient (Wildman–Crippen LogP) is 0.581. The first kappa shape index (κ1) is 15.6. The van der Waals surface area contributed by atoms with Crippen molar-refractivity contribution in [3.05, 3.63) is 5.82 Å². The molecule has 2 rings (SSSR count). The maximum Gasteiger partial charge on any atom is 0.410 e. The molecule has 21 heavy (non-hydrogen) atoms.